The number of hydrogen-bond donors (Lipinski definition) is 1. The third-order valence-electron chi connectivity index (χ3n) is 5.61. The van der Waals surface area contributed by atoms with E-state index in [4.69, 9.17) is 4.74 Å². The van der Waals surface area contributed by atoms with Crippen LogP contribution in [0.5, 0.6) is 5.75 Å². The SMILES string of the molecule is CCN1C(=O)CN(C)c2nc(N[C@H]3C[C@@H](COc4cccc(C(F)(F)F)c4)C3)ncc21. The van der Waals surface area contributed by atoms with Crippen LogP contribution in [-0.2, 0) is 11.0 Å². The molecule has 7 nitrogen and oxygen atoms in total. The Labute approximate surface area is 178 Å². The number of amides is 1. The predicted octanol–water partition coefficient (Wildman–Crippen LogP) is 3.57. The van der Waals surface area contributed by atoms with E-state index in [-0.39, 0.29) is 30.2 Å². The van der Waals surface area contributed by atoms with Gasteiger partial charge in [0.15, 0.2) is 5.82 Å². The number of hydrogen-bond acceptors (Lipinski definition) is 6. The van der Waals surface area contributed by atoms with Gasteiger partial charge >= 0.3 is 6.18 Å². The topological polar surface area (TPSA) is 70.6 Å². The van der Waals surface area contributed by atoms with Crippen molar-refractivity contribution in [3.8, 4) is 5.75 Å². The molecule has 1 aromatic carbocycles. The number of anilines is 3. The van der Waals surface area contributed by atoms with Crippen LogP contribution in [0.15, 0.2) is 30.5 Å². The molecule has 0 saturated heterocycles. The second-order valence-corrected chi connectivity index (χ2v) is 7.91. The van der Waals surface area contributed by atoms with Crippen molar-refractivity contribution in [2.45, 2.75) is 32.0 Å². The lowest BCUT2D eigenvalue weighted by atomic mass is 9.81. The van der Waals surface area contributed by atoms with Crippen LogP contribution >= 0.6 is 0 Å². The van der Waals surface area contributed by atoms with E-state index in [2.05, 4.69) is 15.3 Å². The number of benzene rings is 1. The maximum atomic E-state index is 12.8. The van der Waals surface area contributed by atoms with E-state index in [1.807, 2.05) is 18.9 Å². The van der Waals surface area contributed by atoms with E-state index < -0.39 is 11.7 Å². The van der Waals surface area contributed by atoms with Gasteiger partial charge < -0.3 is 19.9 Å². The van der Waals surface area contributed by atoms with Crippen molar-refractivity contribution in [2.75, 3.05) is 41.9 Å². The molecule has 0 spiro atoms. The first kappa shape index (κ1) is 21.2. The van der Waals surface area contributed by atoms with Crippen LogP contribution in [0.3, 0.4) is 0 Å². The maximum Gasteiger partial charge on any atom is 0.416 e. The highest BCUT2D eigenvalue weighted by molar-refractivity contribution is 6.02. The van der Waals surface area contributed by atoms with Crippen LogP contribution in [0, 0.1) is 5.92 Å². The molecule has 1 amide bonds. The molecule has 1 aromatic heterocycles. The first-order chi connectivity index (χ1) is 14.7. The number of nitrogens with zero attached hydrogens (tertiary/aromatic N) is 4. The van der Waals surface area contributed by atoms with Gasteiger partial charge in [0.1, 0.15) is 11.4 Å². The molecule has 10 heteroatoms. The third-order valence-corrected chi connectivity index (χ3v) is 5.61. The molecule has 166 valence electrons. The molecule has 2 aromatic rings. The summed E-state index contributed by atoms with van der Waals surface area (Å²) >= 11 is 0. The van der Waals surface area contributed by atoms with Gasteiger partial charge in [-0.3, -0.25) is 4.79 Å². The Morgan fingerprint density at radius 1 is 1.29 bits per heavy atom. The maximum absolute atomic E-state index is 12.8. The Morgan fingerprint density at radius 2 is 2.06 bits per heavy atom. The van der Waals surface area contributed by atoms with Gasteiger partial charge in [-0.15, -0.1) is 0 Å². The van der Waals surface area contributed by atoms with Gasteiger partial charge in [-0.2, -0.15) is 18.2 Å². The molecule has 1 fully saturated rings. The average Bonchev–Trinajstić information content (AvgIpc) is 2.69. The summed E-state index contributed by atoms with van der Waals surface area (Å²) in [4.78, 5) is 24.5. The van der Waals surface area contributed by atoms with E-state index in [9.17, 15) is 18.0 Å². The molecule has 1 aliphatic heterocycles. The summed E-state index contributed by atoms with van der Waals surface area (Å²) in [6.45, 7) is 3.11. The number of nitrogens with one attached hydrogen (secondary N) is 1. The summed E-state index contributed by atoms with van der Waals surface area (Å²) in [5, 5.41) is 3.29. The highest BCUT2D eigenvalue weighted by atomic mass is 19.4. The lowest BCUT2D eigenvalue weighted by molar-refractivity contribution is -0.137. The van der Waals surface area contributed by atoms with Crippen molar-refractivity contribution in [1.29, 1.82) is 0 Å². The minimum atomic E-state index is -4.38. The molecule has 1 N–H and O–H groups in total. The summed E-state index contributed by atoms with van der Waals surface area (Å²) < 4.78 is 43.9. The fourth-order valence-electron chi connectivity index (χ4n) is 3.90. The second-order valence-electron chi connectivity index (χ2n) is 7.91. The summed E-state index contributed by atoms with van der Waals surface area (Å²) in [5.41, 5.74) is -0.0104. The molecular formula is C21H24F3N5O2. The van der Waals surface area contributed by atoms with E-state index in [0.29, 0.717) is 30.6 Å². The zero-order valence-corrected chi connectivity index (χ0v) is 17.3. The summed E-state index contributed by atoms with van der Waals surface area (Å²) in [7, 11) is 1.82. The zero-order valence-electron chi connectivity index (χ0n) is 17.3. The van der Waals surface area contributed by atoms with Gasteiger partial charge in [-0.05, 0) is 43.9 Å². The fraction of sp³-hybridized carbons (Fsp3) is 0.476. The molecule has 1 aliphatic carbocycles. The van der Waals surface area contributed by atoms with Crippen LogP contribution in [0.4, 0.5) is 30.6 Å². The van der Waals surface area contributed by atoms with Gasteiger partial charge in [0.2, 0.25) is 11.9 Å². The highest BCUT2D eigenvalue weighted by Crippen LogP contribution is 2.35. The van der Waals surface area contributed by atoms with E-state index >= 15 is 0 Å². The normalized spacial score (nSPS) is 20.9. The van der Waals surface area contributed by atoms with Gasteiger partial charge in [0, 0.05) is 19.6 Å². The standard InChI is InChI=1S/C21H24F3N5O2/c1-3-29-17-10-25-20(27-19(17)28(2)11-18(29)30)26-15-7-13(8-15)12-31-16-6-4-5-14(9-16)21(22,23)24/h4-6,9-10,13,15H,3,7-8,11-12H2,1-2H3,(H,25,26,27)/t13-,15+. The zero-order chi connectivity index (χ0) is 22.2. The molecule has 0 atom stereocenters. The number of fused-ring (bicyclic) bond motifs is 1. The van der Waals surface area contributed by atoms with Crippen LogP contribution < -0.4 is 19.9 Å². The number of carbonyl (C=O) groups excluding carboxylic acids is 1. The van der Waals surface area contributed by atoms with Crippen molar-refractivity contribution in [1.82, 2.24) is 9.97 Å². The molecule has 2 aliphatic rings. The minimum Gasteiger partial charge on any atom is -0.493 e. The summed E-state index contributed by atoms with van der Waals surface area (Å²) in [6.07, 6.45) is -1.09. The monoisotopic (exact) mass is 435 g/mol. The molecule has 2 heterocycles. The van der Waals surface area contributed by atoms with Crippen LogP contribution in [0.2, 0.25) is 0 Å². The number of ether oxygens (including phenoxy) is 1. The molecule has 4 rings (SSSR count). The first-order valence-corrected chi connectivity index (χ1v) is 10.2. The molecular weight excluding hydrogens is 411 g/mol. The van der Waals surface area contributed by atoms with E-state index in [0.717, 1.165) is 25.0 Å². The number of alkyl halides is 3. The highest BCUT2D eigenvalue weighted by Gasteiger charge is 2.33. The van der Waals surface area contributed by atoms with Crippen molar-refractivity contribution >= 4 is 23.4 Å². The van der Waals surface area contributed by atoms with Gasteiger partial charge in [-0.1, -0.05) is 6.07 Å². The lowest BCUT2D eigenvalue weighted by Crippen LogP contribution is -2.45. The first-order valence-electron chi connectivity index (χ1n) is 10.2. The third kappa shape index (κ3) is 4.52. The Bertz CT molecular complexity index is 962. The van der Waals surface area contributed by atoms with Crippen LogP contribution in [0.1, 0.15) is 25.3 Å². The average molecular weight is 435 g/mol. The van der Waals surface area contributed by atoms with Crippen molar-refractivity contribution in [3.63, 3.8) is 0 Å². The van der Waals surface area contributed by atoms with Crippen LogP contribution in [-0.4, -0.2) is 48.7 Å². The second kappa shape index (κ2) is 8.24. The van der Waals surface area contributed by atoms with E-state index in [1.54, 1.807) is 11.1 Å². The largest absolute Gasteiger partial charge is 0.493 e. The number of carbonyl (C=O) groups is 1. The molecule has 0 unspecified atom stereocenters. The van der Waals surface area contributed by atoms with Gasteiger partial charge in [0.05, 0.1) is 24.9 Å². The van der Waals surface area contributed by atoms with Crippen molar-refractivity contribution < 1.29 is 22.7 Å². The Kier molecular flexibility index (Phi) is 5.63. The predicted molar refractivity (Wildman–Crippen MR) is 110 cm³/mol. The number of rotatable bonds is 6. The van der Waals surface area contributed by atoms with Gasteiger partial charge in [0.25, 0.3) is 0 Å². The van der Waals surface area contributed by atoms with Crippen LogP contribution in [0.25, 0.3) is 0 Å². The minimum absolute atomic E-state index is 0.0180. The number of halogens is 3. The smallest absolute Gasteiger partial charge is 0.416 e. The molecule has 31 heavy (non-hydrogen) atoms. The molecule has 0 bridgehead atoms. The Hall–Kier alpha value is -3.04. The number of aromatic nitrogens is 2. The lowest BCUT2D eigenvalue weighted by Gasteiger charge is -2.36. The van der Waals surface area contributed by atoms with Crippen molar-refractivity contribution in [3.05, 3.63) is 36.0 Å². The summed E-state index contributed by atoms with van der Waals surface area (Å²) in [5.74, 6) is 1.70. The Balaban J connectivity index is 1.30. The quantitative estimate of drug-likeness (QED) is 0.748. The molecule has 0 radical (unpaired) electrons. The van der Waals surface area contributed by atoms with Crippen molar-refractivity contribution in [2.24, 2.45) is 5.92 Å². The number of likely N-dealkylation sites (N-methyl/N-ethyl adjacent to an activating group) is 2. The summed E-state index contributed by atoms with van der Waals surface area (Å²) in [6, 6.07) is 5.11. The van der Waals surface area contributed by atoms with E-state index in [1.165, 1.54) is 12.1 Å². The molecule has 1 saturated carbocycles. The fourth-order valence-corrected chi connectivity index (χ4v) is 3.90. The Morgan fingerprint density at radius 3 is 2.77 bits per heavy atom. The van der Waals surface area contributed by atoms with Gasteiger partial charge in [-0.25, -0.2) is 4.98 Å².